The van der Waals surface area contributed by atoms with E-state index < -0.39 is 0 Å². The van der Waals surface area contributed by atoms with Crippen molar-refractivity contribution in [2.24, 2.45) is 0 Å². The third kappa shape index (κ3) is 3.19. The predicted molar refractivity (Wildman–Crippen MR) is 81.5 cm³/mol. The second kappa shape index (κ2) is 5.80. The zero-order valence-corrected chi connectivity index (χ0v) is 13.1. The number of thiophene rings is 1. The number of rotatable bonds is 4. The number of hydrogen-bond acceptors (Lipinski definition) is 4. The molecule has 2 rings (SSSR count). The molecule has 3 nitrogen and oxygen atoms in total. The fraction of sp³-hybridized carbons (Fsp3) is 0.467. The first-order chi connectivity index (χ1) is 8.99. The molecule has 0 unspecified atom stereocenters. The van der Waals surface area contributed by atoms with Crippen molar-refractivity contribution in [1.29, 1.82) is 0 Å². The van der Waals surface area contributed by atoms with Gasteiger partial charge in [0.15, 0.2) is 5.82 Å². The van der Waals surface area contributed by atoms with Gasteiger partial charge in [-0.25, -0.2) is 9.97 Å². The van der Waals surface area contributed by atoms with E-state index in [-0.39, 0.29) is 0 Å². The van der Waals surface area contributed by atoms with E-state index in [4.69, 9.17) is 0 Å². The Morgan fingerprint density at radius 3 is 2.21 bits per heavy atom. The monoisotopic (exact) mass is 275 g/mol. The molecule has 0 bridgehead atoms. The van der Waals surface area contributed by atoms with E-state index in [2.05, 4.69) is 60.7 Å². The molecule has 2 aromatic rings. The highest BCUT2D eigenvalue weighted by molar-refractivity contribution is 7.08. The smallest absolute Gasteiger partial charge is 0.160 e. The summed E-state index contributed by atoms with van der Waals surface area (Å²) in [4.78, 5) is 9.34. The molecule has 0 saturated heterocycles. The summed E-state index contributed by atoms with van der Waals surface area (Å²) in [5.41, 5.74) is 5.75. The van der Waals surface area contributed by atoms with Gasteiger partial charge in [-0.05, 0) is 31.7 Å². The van der Waals surface area contributed by atoms with Crippen LogP contribution in [0.5, 0.6) is 0 Å². The summed E-state index contributed by atoms with van der Waals surface area (Å²) in [6, 6.07) is 0.470. The van der Waals surface area contributed by atoms with E-state index in [1.165, 1.54) is 11.1 Å². The fourth-order valence-electron chi connectivity index (χ4n) is 2.01. The van der Waals surface area contributed by atoms with Crippen molar-refractivity contribution in [3.8, 4) is 11.4 Å². The lowest BCUT2D eigenvalue weighted by atomic mass is 10.1. The molecule has 0 saturated carbocycles. The molecule has 0 aromatic carbocycles. The lowest BCUT2D eigenvalue weighted by Crippen LogP contribution is -2.23. The third-order valence-electron chi connectivity index (χ3n) is 3.20. The summed E-state index contributed by atoms with van der Waals surface area (Å²) in [6.45, 7) is 11.4. The maximum Gasteiger partial charge on any atom is 0.160 e. The zero-order chi connectivity index (χ0) is 14.0. The van der Waals surface area contributed by atoms with E-state index in [1.54, 1.807) is 11.3 Å². The van der Waals surface area contributed by atoms with Crippen molar-refractivity contribution >= 4 is 11.3 Å². The molecule has 19 heavy (non-hydrogen) atoms. The SMILES string of the molecule is Cc1cscc1-c1nc(C)c(CNC(C)C)c(C)n1. The van der Waals surface area contributed by atoms with Gasteiger partial charge in [0.1, 0.15) is 0 Å². The highest BCUT2D eigenvalue weighted by Gasteiger charge is 2.12. The van der Waals surface area contributed by atoms with Crippen LogP contribution in [0.3, 0.4) is 0 Å². The molecule has 2 heterocycles. The van der Waals surface area contributed by atoms with Gasteiger partial charge >= 0.3 is 0 Å². The minimum atomic E-state index is 0.470. The normalized spacial score (nSPS) is 11.3. The van der Waals surface area contributed by atoms with Gasteiger partial charge in [0, 0.05) is 40.5 Å². The molecule has 0 aliphatic rings. The molecule has 1 N–H and O–H groups in total. The lowest BCUT2D eigenvalue weighted by Gasteiger charge is -2.13. The number of aryl methyl sites for hydroxylation is 3. The minimum Gasteiger partial charge on any atom is -0.310 e. The summed E-state index contributed by atoms with van der Waals surface area (Å²) >= 11 is 1.70. The Hall–Kier alpha value is -1.26. The van der Waals surface area contributed by atoms with Gasteiger partial charge in [0.25, 0.3) is 0 Å². The Bertz CT molecular complexity index is 550. The van der Waals surface area contributed by atoms with Crippen LogP contribution in [0, 0.1) is 20.8 Å². The molecule has 2 aromatic heterocycles. The van der Waals surface area contributed by atoms with Crippen molar-refractivity contribution < 1.29 is 0 Å². The van der Waals surface area contributed by atoms with E-state index >= 15 is 0 Å². The quantitative estimate of drug-likeness (QED) is 0.926. The molecule has 0 atom stereocenters. The Kier molecular flexibility index (Phi) is 4.32. The summed E-state index contributed by atoms with van der Waals surface area (Å²) in [5.74, 6) is 0.849. The Balaban J connectivity index is 2.34. The standard InChI is InChI=1S/C15H21N3S/c1-9(2)16-6-13-11(4)17-15(18-12(13)5)14-8-19-7-10(14)3/h7-9,16H,6H2,1-5H3. The molecule has 0 spiro atoms. The first-order valence-corrected chi connectivity index (χ1v) is 7.54. The summed E-state index contributed by atoms with van der Waals surface area (Å²) in [6.07, 6.45) is 0. The van der Waals surface area contributed by atoms with E-state index in [0.717, 1.165) is 29.3 Å². The minimum absolute atomic E-state index is 0.470. The van der Waals surface area contributed by atoms with E-state index in [0.29, 0.717) is 6.04 Å². The van der Waals surface area contributed by atoms with Gasteiger partial charge in [-0.3, -0.25) is 0 Å². The maximum absolute atomic E-state index is 4.67. The van der Waals surface area contributed by atoms with E-state index in [1.807, 2.05) is 0 Å². The van der Waals surface area contributed by atoms with E-state index in [9.17, 15) is 0 Å². The van der Waals surface area contributed by atoms with Crippen molar-refractivity contribution in [2.75, 3.05) is 0 Å². The van der Waals surface area contributed by atoms with Crippen LogP contribution in [0.2, 0.25) is 0 Å². The first-order valence-electron chi connectivity index (χ1n) is 6.59. The molecule has 0 radical (unpaired) electrons. The topological polar surface area (TPSA) is 37.8 Å². The summed E-state index contributed by atoms with van der Waals surface area (Å²) in [5, 5.41) is 7.69. The van der Waals surface area contributed by atoms with Crippen molar-refractivity contribution in [1.82, 2.24) is 15.3 Å². The second-order valence-electron chi connectivity index (χ2n) is 5.20. The number of nitrogens with zero attached hydrogens (tertiary/aromatic N) is 2. The molecule has 0 aliphatic carbocycles. The van der Waals surface area contributed by atoms with Gasteiger partial charge in [-0.2, -0.15) is 11.3 Å². The fourth-order valence-corrected chi connectivity index (χ4v) is 2.84. The third-order valence-corrected chi connectivity index (χ3v) is 4.07. The first kappa shape index (κ1) is 14.2. The lowest BCUT2D eigenvalue weighted by molar-refractivity contribution is 0.583. The van der Waals surface area contributed by atoms with Crippen LogP contribution in [-0.2, 0) is 6.54 Å². The summed E-state index contributed by atoms with van der Waals surface area (Å²) < 4.78 is 0. The Labute approximate surface area is 119 Å². The van der Waals surface area contributed by atoms with Crippen LogP contribution >= 0.6 is 11.3 Å². The van der Waals surface area contributed by atoms with Gasteiger partial charge in [0.2, 0.25) is 0 Å². The van der Waals surface area contributed by atoms with Gasteiger partial charge < -0.3 is 5.32 Å². The Morgan fingerprint density at radius 1 is 1.11 bits per heavy atom. The van der Waals surface area contributed by atoms with Crippen LogP contribution in [0.1, 0.15) is 36.4 Å². The number of aromatic nitrogens is 2. The molecular formula is C15H21N3S. The van der Waals surface area contributed by atoms with Crippen LogP contribution in [-0.4, -0.2) is 16.0 Å². The number of nitrogens with one attached hydrogen (secondary N) is 1. The van der Waals surface area contributed by atoms with Crippen LogP contribution < -0.4 is 5.32 Å². The predicted octanol–water partition coefficient (Wildman–Crippen LogP) is 3.63. The van der Waals surface area contributed by atoms with Crippen LogP contribution in [0.4, 0.5) is 0 Å². The van der Waals surface area contributed by atoms with Gasteiger partial charge in [0.05, 0.1) is 0 Å². The number of hydrogen-bond donors (Lipinski definition) is 1. The maximum atomic E-state index is 4.67. The van der Waals surface area contributed by atoms with Crippen LogP contribution in [0.25, 0.3) is 11.4 Å². The average Bonchev–Trinajstić information content (AvgIpc) is 2.73. The summed E-state index contributed by atoms with van der Waals surface area (Å²) in [7, 11) is 0. The van der Waals surface area contributed by atoms with Crippen molar-refractivity contribution in [3.63, 3.8) is 0 Å². The molecule has 0 aliphatic heterocycles. The molecular weight excluding hydrogens is 254 g/mol. The highest BCUT2D eigenvalue weighted by Crippen LogP contribution is 2.25. The second-order valence-corrected chi connectivity index (χ2v) is 5.94. The van der Waals surface area contributed by atoms with Gasteiger partial charge in [-0.1, -0.05) is 13.8 Å². The van der Waals surface area contributed by atoms with Crippen LogP contribution in [0.15, 0.2) is 10.8 Å². The van der Waals surface area contributed by atoms with Gasteiger partial charge in [-0.15, -0.1) is 0 Å². The molecule has 0 amide bonds. The molecule has 0 fully saturated rings. The molecule has 102 valence electrons. The highest BCUT2D eigenvalue weighted by atomic mass is 32.1. The molecule has 4 heteroatoms. The Morgan fingerprint density at radius 2 is 1.74 bits per heavy atom. The van der Waals surface area contributed by atoms with Crippen molar-refractivity contribution in [3.05, 3.63) is 33.3 Å². The van der Waals surface area contributed by atoms with Crippen molar-refractivity contribution in [2.45, 2.75) is 47.2 Å². The zero-order valence-electron chi connectivity index (χ0n) is 12.2. The average molecular weight is 275 g/mol. The largest absolute Gasteiger partial charge is 0.310 e.